The summed E-state index contributed by atoms with van der Waals surface area (Å²) in [4.78, 5) is 11.0. The molecule has 0 bridgehead atoms. The van der Waals surface area contributed by atoms with E-state index in [0.717, 1.165) is 0 Å². The lowest BCUT2D eigenvalue weighted by molar-refractivity contribution is 0.685. The first-order valence-electron chi connectivity index (χ1n) is 3.09. The molecule has 0 fully saturated rings. The first-order chi connectivity index (χ1) is 5.29. The first kappa shape index (κ1) is 6.54. The van der Waals surface area contributed by atoms with E-state index in [-0.39, 0.29) is 5.56 Å². The summed E-state index contributed by atoms with van der Waals surface area (Å²) in [6, 6.07) is 4.73. The van der Waals surface area contributed by atoms with Crippen LogP contribution in [0.4, 0.5) is 0 Å². The summed E-state index contributed by atoms with van der Waals surface area (Å²) in [6.07, 6.45) is 1.54. The van der Waals surface area contributed by atoms with Crippen molar-refractivity contribution in [2.75, 3.05) is 0 Å². The van der Waals surface area contributed by atoms with Gasteiger partial charge in [-0.3, -0.25) is 9.36 Å². The standard InChI is InChI=1S/C7H5NO2S/c9-6-2-1-3-7-8(6)4-5-11(7)10/h1-5H. The van der Waals surface area contributed by atoms with Gasteiger partial charge in [-0.2, -0.15) is 0 Å². The molecule has 56 valence electrons. The topological polar surface area (TPSA) is 39.1 Å². The second-order valence-electron chi connectivity index (χ2n) is 2.15. The predicted molar refractivity (Wildman–Crippen MR) is 42.4 cm³/mol. The molecule has 1 aliphatic heterocycles. The van der Waals surface area contributed by atoms with Crippen molar-refractivity contribution < 1.29 is 4.21 Å². The van der Waals surface area contributed by atoms with E-state index in [2.05, 4.69) is 0 Å². The van der Waals surface area contributed by atoms with Gasteiger partial charge in [0.2, 0.25) is 0 Å². The van der Waals surface area contributed by atoms with Crippen molar-refractivity contribution >= 4 is 17.0 Å². The van der Waals surface area contributed by atoms with Crippen molar-refractivity contribution in [1.82, 2.24) is 4.57 Å². The number of rotatable bonds is 0. The quantitative estimate of drug-likeness (QED) is 0.561. The van der Waals surface area contributed by atoms with Crippen LogP contribution in [-0.2, 0) is 10.8 Å². The molecule has 4 heteroatoms. The van der Waals surface area contributed by atoms with Gasteiger partial charge in [-0.1, -0.05) is 6.07 Å². The second kappa shape index (κ2) is 2.17. The van der Waals surface area contributed by atoms with Gasteiger partial charge in [-0.15, -0.1) is 0 Å². The Balaban J connectivity index is 2.84. The highest BCUT2D eigenvalue weighted by molar-refractivity contribution is 7.88. The predicted octanol–water partition coefficient (Wildman–Crippen LogP) is 0.398. The van der Waals surface area contributed by atoms with Crippen molar-refractivity contribution in [3.63, 3.8) is 0 Å². The van der Waals surface area contributed by atoms with Crippen LogP contribution in [0.25, 0.3) is 6.20 Å². The van der Waals surface area contributed by atoms with Crippen molar-refractivity contribution in [2.24, 2.45) is 0 Å². The lowest BCUT2D eigenvalue weighted by Gasteiger charge is -1.96. The van der Waals surface area contributed by atoms with Crippen LogP contribution >= 0.6 is 0 Å². The summed E-state index contributed by atoms with van der Waals surface area (Å²) in [6.45, 7) is 0. The van der Waals surface area contributed by atoms with Gasteiger partial charge in [0.1, 0.15) is 5.03 Å². The van der Waals surface area contributed by atoms with Gasteiger partial charge in [0.05, 0.1) is 10.8 Å². The number of hydrogen-bond acceptors (Lipinski definition) is 2. The van der Waals surface area contributed by atoms with Crippen molar-refractivity contribution in [2.45, 2.75) is 5.03 Å². The highest BCUT2D eigenvalue weighted by Gasteiger charge is 2.11. The van der Waals surface area contributed by atoms with Crippen molar-refractivity contribution in [1.29, 1.82) is 0 Å². The summed E-state index contributed by atoms with van der Waals surface area (Å²) in [5, 5.41) is 2.05. The van der Waals surface area contributed by atoms with Crippen LogP contribution in [0.5, 0.6) is 0 Å². The van der Waals surface area contributed by atoms with Gasteiger partial charge in [-0.05, 0) is 6.07 Å². The molecule has 1 unspecified atom stereocenters. The third-order valence-electron chi connectivity index (χ3n) is 1.49. The number of pyridine rings is 1. The van der Waals surface area contributed by atoms with Gasteiger partial charge < -0.3 is 0 Å². The van der Waals surface area contributed by atoms with E-state index >= 15 is 0 Å². The van der Waals surface area contributed by atoms with Crippen LogP contribution in [-0.4, -0.2) is 8.78 Å². The third-order valence-corrected chi connectivity index (χ3v) is 2.61. The van der Waals surface area contributed by atoms with Gasteiger partial charge in [0.25, 0.3) is 5.56 Å². The molecule has 0 N–H and O–H groups in total. The molecule has 0 amide bonds. The SMILES string of the molecule is O=c1cccc2n1C=CS2=O. The third kappa shape index (κ3) is 0.867. The fraction of sp³-hybridized carbons (Fsp3) is 0. The average molecular weight is 167 g/mol. The Morgan fingerprint density at radius 3 is 2.91 bits per heavy atom. The molecule has 3 nitrogen and oxygen atoms in total. The Morgan fingerprint density at radius 1 is 1.36 bits per heavy atom. The highest BCUT2D eigenvalue weighted by atomic mass is 32.2. The Hall–Kier alpha value is -1.16. The summed E-state index contributed by atoms with van der Waals surface area (Å²) >= 11 is 0. The smallest absolute Gasteiger partial charge is 0.255 e. The molecular weight excluding hydrogens is 162 g/mol. The maximum absolute atomic E-state index is 11.1. The average Bonchev–Trinajstić information content (AvgIpc) is 2.35. The lowest BCUT2D eigenvalue weighted by Crippen LogP contribution is -2.14. The van der Waals surface area contributed by atoms with E-state index in [1.165, 1.54) is 22.2 Å². The first-order valence-corrected chi connectivity index (χ1v) is 4.31. The van der Waals surface area contributed by atoms with Gasteiger partial charge in [-0.25, -0.2) is 4.21 Å². The minimum Gasteiger partial charge on any atom is -0.275 e. The number of fused-ring (bicyclic) bond motifs is 1. The summed E-state index contributed by atoms with van der Waals surface area (Å²) < 4.78 is 12.5. The van der Waals surface area contributed by atoms with E-state index in [1.807, 2.05) is 0 Å². The molecule has 1 aromatic heterocycles. The minimum absolute atomic E-state index is 0.135. The van der Waals surface area contributed by atoms with Crippen LogP contribution in [0.3, 0.4) is 0 Å². The van der Waals surface area contributed by atoms with Crippen LogP contribution < -0.4 is 5.56 Å². The number of hydrogen-bond donors (Lipinski definition) is 0. The summed E-state index contributed by atoms with van der Waals surface area (Å²) in [5.41, 5.74) is -0.135. The van der Waals surface area contributed by atoms with Crippen LogP contribution in [0.1, 0.15) is 0 Å². The summed E-state index contributed by atoms with van der Waals surface area (Å²) in [7, 11) is -1.13. The van der Waals surface area contributed by atoms with Crippen LogP contribution in [0.15, 0.2) is 33.4 Å². The van der Waals surface area contributed by atoms with Crippen molar-refractivity contribution in [3.05, 3.63) is 34.0 Å². The zero-order valence-electron chi connectivity index (χ0n) is 5.56. The van der Waals surface area contributed by atoms with Crippen LogP contribution in [0, 0.1) is 0 Å². The van der Waals surface area contributed by atoms with E-state index in [9.17, 15) is 9.00 Å². The molecule has 0 aromatic carbocycles. The Morgan fingerprint density at radius 2 is 2.18 bits per heavy atom. The zero-order chi connectivity index (χ0) is 7.84. The van der Waals surface area contributed by atoms with Gasteiger partial charge in [0, 0.05) is 17.7 Å². The Bertz CT molecular complexity index is 405. The molecule has 1 atom stereocenters. The normalized spacial score (nSPS) is 20.2. The molecular formula is C7H5NO2S. The van der Waals surface area contributed by atoms with E-state index < -0.39 is 10.8 Å². The molecule has 0 radical (unpaired) electrons. The van der Waals surface area contributed by atoms with Gasteiger partial charge in [0.15, 0.2) is 0 Å². The lowest BCUT2D eigenvalue weighted by atomic mass is 10.5. The molecule has 2 heterocycles. The molecule has 1 aromatic rings. The van der Waals surface area contributed by atoms with E-state index in [1.54, 1.807) is 12.1 Å². The van der Waals surface area contributed by atoms with Crippen LogP contribution in [0.2, 0.25) is 0 Å². The maximum Gasteiger partial charge on any atom is 0.255 e. The zero-order valence-corrected chi connectivity index (χ0v) is 6.38. The molecule has 11 heavy (non-hydrogen) atoms. The van der Waals surface area contributed by atoms with Gasteiger partial charge >= 0.3 is 0 Å². The van der Waals surface area contributed by atoms with Crippen molar-refractivity contribution in [3.8, 4) is 0 Å². The minimum atomic E-state index is -1.13. The fourth-order valence-corrected chi connectivity index (χ4v) is 1.91. The molecule has 0 spiro atoms. The monoisotopic (exact) mass is 167 g/mol. The number of nitrogens with zero attached hydrogens (tertiary/aromatic N) is 1. The molecule has 2 rings (SSSR count). The van der Waals surface area contributed by atoms with E-state index in [0.29, 0.717) is 5.03 Å². The molecule has 0 aliphatic carbocycles. The Labute approximate surface area is 65.4 Å². The summed E-state index contributed by atoms with van der Waals surface area (Å²) in [5.74, 6) is 0. The largest absolute Gasteiger partial charge is 0.275 e. The Kier molecular flexibility index (Phi) is 1.29. The maximum atomic E-state index is 11.1. The second-order valence-corrected chi connectivity index (χ2v) is 3.44. The van der Waals surface area contributed by atoms with E-state index in [4.69, 9.17) is 0 Å². The highest BCUT2D eigenvalue weighted by Crippen LogP contribution is 2.11. The molecule has 1 aliphatic rings. The number of aromatic nitrogens is 1. The molecule has 0 saturated carbocycles. The molecule has 0 saturated heterocycles. The fourth-order valence-electron chi connectivity index (χ4n) is 0.979.